The van der Waals surface area contributed by atoms with Crippen LogP contribution in [-0.4, -0.2) is 49.6 Å². The Morgan fingerprint density at radius 1 is 1.29 bits per heavy atom. The maximum Gasteiger partial charge on any atom is 0.211 e. The van der Waals surface area contributed by atoms with Crippen LogP contribution in [0.15, 0.2) is 18.2 Å². The van der Waals surface area contributed by atoms with Crippen molar-refractivity contribution >= 4 is 10.0 Å². The molecule has 2 aliphatic rings. The highest BCUT2D eigenvalue weighted by Crippen LogP contribution is 2.34. The molecule has 2 heterocycles. The van der Waals surface area contributed by atoms with Gasteiger partial charge in [-0.05, 0) is 24.9 Å². The standard InChI is InChI=1S/C14H18F2N2O2S/c1-21(19,20)18-8-11-4-5-17(9-14(11)18)7-10-2-3-12(15)6-13(10)16/h2-3,6,11,14H,4-5,7-9H2,1H3/t11-,14-/m1/s1. The molecule has 1 aromatic rings. The molecule has 2 saturated heterocycles. The highest BCUT2D eigenvalue weighted by Gasteiger charge is 2.46. The van der Waals surface area contributed by atoms with E-state index in [9.17, 15) is 17.2 Å². The Kier molecular flexibility index (Phi) is 3.75. The molecule has 7 heteroatoms. The van der Waals surface area contributed by atoms with Gasteiger partial charge in [-0.1, -0.05) is 6.07 Å². The van der Waals surface area contributed by atoms with Crippen LogP contribution in [0.3, 0.4) is 0 Å². The molecule has 0 aromatic heterocycles. The first-order valence-electron chi connectivity index (χ1n) is 6.97. The van der Waals surface area contributed by atoms with Crippen molar-refractivity contribution in [3.8, 4) is 0 Å². The van der Waals surface area contributed by atoms with Gasteiger partial charge in [-0.3, -0.25) is 4.90 Å². The van der Waals surface area contributed by atoms with Crippen molar-refractivity contribution in [3.63, 3.8) is 0 Å². The zero-order valence-corrected chi connectivity index (χ0v) is 12.6. The molecule has 0 spiro atoms. The highest BCUT2D eigenvalue weighted by molar-refractivity contribution is 7.88. The van der Waals surface area contributed by atoms with E-state index in [-0.39, 0.29) is 6.04 Å². The van der Waals surface area contributed by atoms with Gasteiger partial charge < -0.3 is 0 Å². The maximum atomic E-state index is 13.7. The zero-order chi connectivity index (χ0) is 15.2. The molecule has 21 heavy (non-hydrogen) atoms. The second-order valence-electron chi connectivity index (χ2n) is 5.92. The van der Waals surface area contributed by atoms with Crippen molar-refractivity contribution in [2.24, 2.45) is 5.92 Å². The monoisotopic (exact) mass is 316 g/mol. The van der Waals surface area contributed by atoms with E-state index in [0.29, 0.717) is 31.1 Å². The third-order valence-electron chi connectivity index (χ3n) is 4.42. The normalized spacial score (nSPS) is 27.2. The van der Waals surface area contributed by atoms with Gasteiger partial charge in [0.15, 0.2) is 0 Å². The Morgan fingerprint density at radius 2 is 2.05 bits per heavy atom. The van der Waals surface area contributed by atoms with Crippen molar-refractivity contribution in [1.82, 2.24) is 9.21 Å². The molecule has 116 valence electrons. The molecule has 1 aromatic carbocycles. The van der Waals surface area contributed by atoms with Crippen LogP contribution in [0.4, 0.5) is 8.78 Å². The smallest absolute Gasteiger partial charge is 0.211 e. The summed E-state index contributed by atoms with van der Waals surface area (Å²) in [7, 11) is -3.16. The first-order chi connectivity index (χ1) is 9.84. The van der Waals surface area contributed by atoms with Gasteiger partial charge in [-0.2, -0.15) is 4.31 Å². The lowest BCUT2D eigenvalue weighted by molar-refractivity contribution is 0.0107. The molecule has 4 nitrogen and oxygen atoms in total. The van der Waals surface area contributed by atoms with Gasteiger partial charge in [0.1, 0.15) is 11.6 Å². The predicted molar refractivity (Wildman–Crippen MR) is 75.1 cm³/mol. The maximum absolute atomic E-state index is 13.7. The quantitative estimate of drug-likeness (QED) is 0.847. The molecule has 0 amide bonds. The third-order valence-corrected chi connectivity index (χ3v) is 5.70. The van der Waals surface area contributed by atoms with Crippen molar-refractivity contribution < 1.29 is 17.2 Å². The second-order valence-corrected chi connectivity index (χ2v) is 7.85. The van der Waals surface area contributed by atoms with E-state index in [1.54, 1.807) is 0 Å². The summed E-state index contributed by atoms with van der Waals surface area (Å²) in [6.45, 7) is 2.40. The molecule has 2 aliphatic heterocycles. The average Bonchev–Trinajstić information content (AvgIpc) is 2.34. The topological polar surface area (TPSA) is 40.6 Å². The number of benzene rings is 1. The number of nitrogens with zero attached hydrogens (tertiary/aromatic N) is 2. The lowest BCUT2D eigenvalue weighted by Gasteiger charge is -2.52. The molecular weight excluding hydrogens is 298 g/mol. The van der Waals surface area contributed by atoms with Crippen molar-refractivity contribution in [1.29, 1.82) is 0 Å². The summed E-state index contributed by atoms with van der Waals surface area (Å²) in [5.41, 5.74) is 0.445. The van der Waals surface area contributed by atoms with Gasteiger partial charge >= 0.3 is 0 Å². The summed E-state index contributed by atoms with van der Waals surface area (Å²) in [5.74, 6) is -0.725. The Bertz CT molecular complexity index is 650. The average molecular weight is 316 g/mol. The summed E-state index contributed by atoms with van der Waals surface area (Å²) in [6.07, 6.45) is 2.14. The summed E-state index contributed by atoms with van der Waals surface area (Å²) < 4.78 is 51.4. The van der Waals surface area contributed by atoms with Crippen LogP contribution in [0.1, 0.15) is 12.0 Å². The molecule has 0 N–H and O–H groups in total. The Morgan fingerprint density at radius 3 is 2.71 bits per heavy atom. The number of fused-ring (bicyclic) bond motifs is 1. The minimum Gasteiger partial charge on any atom is -0.297 e. The number of sulfonamides is 1. The SMILES string of the molecule is CS(=O)(=O)N1C[C@H]2CCN(Cc3ccc(F)cc3F)C[C@H]21. The largest absolute Gasteiger partial charge is 0.297 e. The molecule has 0 saturated carbocycles. The van der Waals surface area contributed by atoms with Gasteiger partial charge in [0.25, 0.3) is 0 Å². The fourth-order valence-electron chi connectivity index (χ4n) is 3.23. The van der Waals surface area contributed by atoms with E-state index in [1.165, 1.54) is 22.7 Å². The molecule has 0 bridgehead atoms. The Balaban J connectivity index is 1.68. The van der Waals surface area contributed by atoms with Gasteiger partial charge in [-0.25, -0.2) is 17.2 Å². The number of hydrogen-bond donors (Lipinski definition) is 0. The number of piperidine rings is 1. The van der Waals surface area contributed by atoms with E-state index in [2.05, 4.69) is 0 Å². The highest BCUT2D eigenvalue weighted by atomic mass is 32.2. The van der Waals surface area contributed by atoms with Crippen LogP contribution in [-0.2, 0) is 16.6 Å². The number of hydrogen-bond acceptors (Lipinski definition) is 3. The van der Waals surface area contributed by atoms with E-state index in [1.807, 2.05) is 4.90 Å². The molecule has 3 rings (SSSR count). The van der Waals surface area contributed by atoms with Gasteiger partial charge in [0, 0.05) is 37.3 Å². The molecule has 0 aliphatic carbocycles. The summed E-state index contributed by atoms with van der Waals surface area (Å²) >= 11 is 0. The van der Waals surface area contributed by atoms with Crippen LogP contribution in [0.5, 0.6) is 0 Å². The van der Waals surface area contributed by atoms with Crippen LogP contribution in [0, 0.1) is 17.6 Å². The molecular formula is C14H18F2N2O2S. The number of rotatable bonds is 3. The van der Waals surface area contributed by atoms with E-state index in [0.717, 1.165) is 19.0 Å². The zero-order valence-electron chi connectivity index (χ0n) is 11.8. The molecule has 0 unspecified atom stereocenters. The minimum atomic E-state index is -3.16. The number of likely N-dealkylation sites (tertiary alicyclic amines) is 1. The van der Waals surface area contributed by atoms with E-state index < -0.39 is 21.7 Å². The summed E-state index contributed by atoms with van der Waals surface area (Å²) in [6, 6.07) is 3.58. The van der Waals surface area contributed by atoms with Crippen LogP contribution in [0.25, 0.3) is 0 Å². The fraction of sp³-hybridized carbons (Fsp3) is 0.571. The van der Waals surface area contributed by atoms with Crippen LogP contribution < -0.4 is 0 Å². The lowest BCUT2D eigenvalue weighted by atomic mass is 9.84. The first-order valence-corrected chi connectivity index (χ1v) is 8.82. The van der Waals surface area contributed by atoms with Gasteiger partial charge in [0.2, 0.25) is 10.0 Å². The molecule has 2 fully saturated rings. The van der Waals surface area contributed by atoms with Crippen molar-refractivity contribution in [2.45, 2.75) is 19.0 Å². The van der Waals surface area contributed by atoms with Crippen molar-refractivity contribution in [3.05, 3.63) is 35.4 Å². The lowest BCUT2D eigenvalue weighted by Crippen LogP contribution is -2.65. The van der Waals surface area contributed by atoms with Gasteiger partial charge in [0.05, 0.1) is 6.26 Å². The minimum absolute atomic E-state index is 0.00254. The van der Waals surface area contributed by atoms with E-state index in [4.69, 9.17) is 0 Å². The molecule has 2 atom stereocenters. The second kappa shape index (κ2) is 5.30. The summed E-state index contributed by atoms with van der Waals surface area (Å²) in [4.78, 5) is 2.04. The Labute approximate surface area is 123 Å². The van der Waals surface area contributed by atoms with E-state index >= 15 is 0 Å². The van der Waals surface area contributed by atoms with Crippen molar-refractivity contribution in [2.75, 3.05) is 25.9 Å². The summed E-state index contributed by atoms with van der Waals surface area (Å²) in [5, 5.41) is 0. The fourth-order valence-corrected chi connectivity index (χ4v) is 4.42. The third kappa shape index (κ3) is 2.95. The predicted octanol–water partition coefficient (Wildman–Crippen LogP) is 1.43. The first kappa shape index (κ1) is 14.9. The van der Waals surface area contributed by atoms with Gasteiger partial charge in [-0.15, -0.1) is 0 Å². The van der Waals surface area contributed by atoms with Crippen LogP contribution in [0.2, 0.25) is 0 Å². The Hall–Kier alpha value is -1.05. The van der Waals surface area contributed by atoms with Crippen LogP contribution >= 0.6 is 0 Å². The molecule has 0 radical (unpaired) electrons. The number of halogens is 2.